The number of carbonyl (C=O) groups excluding carboxylic acids is 1. The smallest absolute Gasteiger partial charge is 0.358 e. The number of nitrogens with zero attached hydrogens (tertiary/aromatic N) is 2. The van der Waals surface area contributed by atoms with Crippen molar-refractivity contribution in [3.63, 3.8) is 0 Å². The van der Waals surface area contributed by atoms with Gasteiger partial charge in [-0.2, -0.15) is 0 Å². The fraction of sp³-hybridized carbons (Fsp3) is 0.429. The fourth-order valence-electron chi connectivity index (χ4n) is 1.81. The number of aryl methyl sites for hydroxylation is 2. The lowest BCUT2D eigenvalue weighted by Crippen LogP contribution is -2.16. The number of aromatic nitrogens is 1. The molecular formula is C14H18N2O3S. The predicted molar refractivity (Wildman–Crippen MR) is 78.4 cm³/mol. The summed E-state index contributed by atoms with van der Waals surface area (Å²) in [5.41, 5.74) is 0.398. The van der Waals surface area contributed by atoms with Gasteiger partial charge in [0.2, 0.25) is 0 Å². The summed E-state index contributed by atoms with van der Waals surface area (Å²) in [5.74, 6) is 1.39. The van der Waals surface area contributed by atoms with E-state index in [9.17, 15) is 4.79 Å². The molecule has 0 atom stereocenters. The molecule has 0 unspecified atom stereocenters. The Labute approximate surface area is 122 Å². The van der Waals surface area contributed by atoms with Crippen LogP contribution in [0.1, 0.15) is 33.8 Å². The summed E-state index contributed by atoms with van der Waals surface area (Å²) >= 11 is 1.48. The highest BCUT2D eigenvalue weighted by Gasteiger charge is 2.18. The Morgan fingerprint density at radius 2 is 2.20 bits per heavy atom. The van der Waals surface area contributed by atoms with Crippen LogP contribution in [0.4, 0.5) is 5.13 Å². The first-order valence-corrected chi connectivity index (χ1v) is 7.24. The van der Waals surface area contributed by atoms with Gasteiger partial charge in [0.25, 0.3) is 0 Å². The van der Waals surface area contributed by atoms with Gasteiger partial charge in [0.1, 0.15) is 11.5 Å². The van der Waals surface area contributed by atoms with E-state index in [0.29, 0.717) is 18.8 Å². The second-order valence-corrected chi connectivity index (χ2v) is 5.67. The summed E-state index contributed by atoms with van der Waals surface area (Å²) in [6, 6.07) is 3.87. The Kier molecular flexibility index (Phi) is 4.44. The average molecular weight is 294 g/mol. The van der Waals surface area contributed by atoms with E-state index in [1.54, 1.807) is 6.92 Å². The van der Waals surface area contributed by atoms with Crippen molar-refractivity contribution in [2.75, 3.05) is 18.6 Å². The van der Waals surface area contributed by atoms with Crippen molar-refractivity contribution in [3.05, 3.63) is 34.2 Å². The lowest BCUT2D eigenvalue weighted by molar-refractivity contribution is 0.0519. The number of hydrogen-bond acceptors (Lipinski definition) is 6. The predicted octanol–water partition coefficient (Wildman–Crippen LogP) is 3.17. The minimum absolute atomic E-state index is 0.354. The molecule has 2 aromatic heterocycles. The van der Waals surface area contributed by atoms with Crippen molar-refractivity contribution in [1.29, 1.82) is 0 Å². The molecule has 0 fully saturated rings. The molecule has 0 amide bonds. The van der Waals surface area contributed by atoms with Gasteiger partial charge in [0, 0.05) is 11.9 Å². The van der Waals surface area contributed by atoms with E-state index in [1.807, 2.05) is 37.9 Å². The zero-order valence-corrected chi connectivity index (χ0v) is 12.9. The van der Waals surface area contributed by atoms with Crippen LogP contribution >= 0.6 is 11.3 Å². The van der Waals surface area contributed by atoms with Gasteiger partial charge < -0.3 is 14.1 Å². The van der Waals surface area contributed by atoms with Crippen LogP contribution in [0, 0.1) is 13.8 Å². The highest BCUT2D eigenvalue weighted by Crippen LogP contribution is 2.26. The molecule has 0 saturated carbocycles. The standard InChI is InChI=1S/C14H18N2O3S/c1-5-18-13(17)12-10(3)20-14(15-12)16(4)8-11-7-6-9(2)19-11/h6-7H,5,8H2,1-4H3. The molecule has 5 nitrogen and oxygen atoms in total. The minimum Gasteiger partial charge on any atom is -0.464 e. The van der Waals surface area contributed by atoms with Gasteiger partial charge in [0.15, 0.2) is 10.8 Å². The summed E-state index contributed by atoms with van der Waals surface area (Å²) < 4.78 is 10.5. The number of ether oxygens (including phenoxy) is 1. The third kappa shape index (κ3) is 3.19. The highest BCUT2D eigenvalue weighted by molar-refractivity contribution is 7.15. The molecule has 6 heteroatoms. The number of esters is 1. The Hall–Kier alpha value is -1.82. The summed E-state index contributed by atoms with van der Waals surface area (Å²) in [7, 11) is 1.92. The molecule has 2 aromatic rings. The quantitative estimate of drug-likeness (QED) is 0.793. The Balaban J connectivity index is 2.12. The molecule has 20 heavy (non-hydrogen) atoms. The fourth-order valence-corrected chi connectivity index (χ4v) is 2.66. The van der Waals surface area contributed by atoms with Crippen LogP contribution < -0.4 is 4.90 Å². The van der Waals surface area contributed by atoms with E-state index in [-0.39, 0.29) is 5.97 Å². The number of carbonyl (C=O) groups is 1. The molecule has 0 aromatic carbocycles. The number of hydrogen-bond donors (Lipinski definition) is 0. The molecule has 0 bridgehead atoms. The topological polar surface area (TPSA) is 55.6 Å². The van der Waals surface area contributed by atoms with E-state index < -0.39 is 0 Å². The second kappa shape index (κ2) is 6.09. The number of thiazole rings is 1. The van der Waals surface area contributed by atoms with Gasteiger partial charge >= 0.3 is 5.97 Å². The molecule has 0 radical (unpaired) electrons. The van der Waals surface area contributed by atoms with Gasteiger partial charge in [-0.3, -0.25) is 0 Å². The monoisotopic (exact) mass is 294 g/mol. The molecule has 0 saturated heterocycles. The third-order valence-corrected chi connectivity index (χ3v) is 3.85. The van der Waals surface area contributed by atoms with E-state index in [2.05, 4.69) is 4.98 Å². The van der Waals surface area contributed by atoms with Crippen LogP contribution in [0.5, 0.6) is 0 Å². The molecule has 0 N–H and O–H groups in total. The molecule has 108 valence electrons. The molecule has 2 rings (SSSR count). The van der Waals surface area contributed by atoms with Crippen LogP contribution in [0.25, 0.3) is 0 Å². The Morgan fingerprint density at radius 3 is 2.80 bits per heavy atom. The van der Waals surface area contributed by atoms with E-state index in [1.165, 1.54) is 11.3 Å². The highest BCUT2D eigenvalue weighted by atomic mass is 32.1. The third-order valence-electron chi connectivity index (χ3n) is 2.77. The van der Waals surface area contributed by atoms with Gasteiger partial charge in [-0.25, -0.2) is 9.78 Å². The van der Waals surface area contributed by atoms with Crippen LogP contribution in [-0.2, 0) is 11.3 Å². The zero-order valence-electron chi connectivity index (χ0n) is 12.1. The SMILES string of the molecule is CCOC(=O)c1nc(N(C)Cc2ccc(C)o2)sc1C. The van der Waals surface area contributed by atoms with Crippen molar-refractivity contribution < 1.29 is 13.9 Å². The molecule has 0 aliphatic carbocycles. The first kappa shape index (κ1) is 14.6. The summed E-state index contributed by atoms with van der Waals surface area (Å²) in [5, 5.41) is 0.777. The minimum atomic E-state index is -0.366. The van der Waals surface area contributed by atoms with Crippen LogP contribution in [0.3, 0.4) is 0 Å². The molecular weight excluding hydrogens is 276 g/mol. The molecule has 2 heterocycles. The van der Waals surface area contributed by atoms with E-state index in [0.717, 1.165) is 21.5 Å². The largest absolute Gasteiger partial charge is 0.464 e. The molecule has 0 aliphatic rings. The maximum Gasteiger partial charge on any atom is 0.358 e. The molecule has 0 spiro atoms. The van der Waals surface area contributed by atoms with Crippen molar-refractivity contribution in [1.82, 2.24) is 4.98 Å². The first-order chi connectivity index (χ1) is 9.51. The van der Waals surface area contributed by atoms with Gasteiger partial charge in [0.05, 0.1) is 13.2 Å². The maximum absolute atomic E-state index is 11.7. The number of rotatable bonds is 5. The van der Waals surface area contributed by atoms with E-state index in [4.69, 9.17) is 9.15 Å². The van der Waals surface area contributed by atoms with E-state index >= 15 is 0 Å². The second-order valence-electron chi connectivity index (χ2n) is 4.49. The van der Waals surface area contributed by atoms with Crippen molar-refractivity contribution in [2.45, 2.75) is 27.3 Å². The lowest BCUT2D eigenvalue weighted by Gasteiger charge is -2.13. The van der Waals surface area contributed by atoms with Crippen molar-refractivity contribution >= 4 is 22.4 Å². The Morgan fingerprint density at radius 1 is 1.45 bits per heavy atom. The van der Waals surface area contributed by atoms with Crippen molar-refractivity contribution in [2.24, 2.45) is 0 Å². The number of furan rings is 1. The van der Waals surface area contributed by atoms with Crippen LogP contribution in [0.15, 0.2) is 16.5 Å². The van der Waals surface area contributed by atoms with Crippen LogP contribution in [-0.4, -0.2) is 24.6 Å². The summed E-state index contributed by atoms with van der Waals surface area (Å²) in [6.07, 6.45) is 0. The average Bonchev–Trinajstić information content (AvgIpc) is 2.96. The van der Waals surface area contributed by atoms with Gasteiger partial charge in [-0.05, 0) is 32.9 Å². The Bertz CT molecular complexity index is 603. The normalized spacial score (nSPS) is 10.6. The van der Waals surface area contributed by atoms with Gasteiger partial charge in [-0.1, -0.05) is 0 Å². The maximum atomic E-state index is 11.7. The molecule has 0 aliphatic heterocycles. The first-order valence-electron chi connectivity index (χ1n) is 6.42. The van der Waals surface area contributed by atoms with Gasteiger partial charge in [-0.15, -0.1) is 11.3 Å². The van der Waals surface area contributed by atoms with Crippen LogP contribution in [0.2, 0.25) is 0 Å². The van der Waals surface area contributed by atoms with Crippen molar-refractivity contribution in [3.8, 4) is 0 Å². The summed E-state index contributed by atoms with van der Waals surface area (Å²) in [4.78, 5) is 18.9. The number of anilines is 1. The zero-order chi connectivity index (χ0) is 14.7. The summed E-state index contributed by atoms with van der Waals surface area (Å²) in [6.45, 7) is 6.54. The lowest BCUT2D eigenvalue weighted by atomic mass is 10.4.